The fraction of sp³-hybridized carbons (Fsp3) is 0.292. The van der Waals surface area contributed by atoms with Crippen LogP contribution in [0.5, 0.6) is 0 Å². The lowest BCUT2D eigenvalue weighted by molar-refractivity contribution is 0.0952. The topological polar surface area (TPSA) is 106 Å². The van der Waals surface area contributed by atoms with Crippen molar-refractivity contribution in [2.45, 2.75) is 44.7 Å². The largest absolute Gasteiger partial charge is 0.348 e. The highest BCUT2D eigenvalue weighted by Gasteiger charge is 2.25. The second-order valence-corrected chi connectivity index (χ2v) is 11.7. The number of aromatic nitrogens is 3. The predicted octanol–water partition coefficient (Wildman–Crippen LogP) is 4.01. The van der Waals surface area contributed by atoms with Gasteiger partial charge in [-0.25, -0.2) is 18.1 Å². The van der Waals surface area contributed by atoms with Gasteiger partial charge in [-0.1, -0.05) is 24.3 Å². The Morgan fingerprint density at radius 3 is 2.56 bits per heavy atom. The van der Waals surface area contributed by atoms with Crippen molar-refractivity contribution in [3.63, 3.8) is 0 Å². The Morgan fingerprint density at radius 2 is 1.88 bits per heavy atom. The SMILES string of the molecule is Cc1nn(C)c2nc(-c3cccs3)cc(C(=O)NCc3ccccc3S(=O)(=O)NC(C)(C)C)c12. The molecule has 3 heterocycles. The fourth-order valence-corrected chi connectivity index (χ4v) is 6.16. The first-order valence-corrected chi connectivity index (χ1v) is 13.1. The summed E-state index contributed by atoms with van der Waals surface area (Å²) in [4.78, 5) is 19.2. The molecule has 4 rings (SSSR count). The van der Waals surface area contributed by atoms with E-state index in [1.165, 1.54) is 11.3 Å². The number of hydrogen-bond donors (Lipinski definition) is 2. The van der Waals surface area contributed by atoms with Crippen molar-refractivity contribution < 1.29 is 13.2 Å². The monoisotopic (exact) mass is 497 g/mol. The third-order valence-corrected chi connectivity index (χ3v) is 7.88. The van der Waals surface area contributed by atoms with Crippen LogP contribution in [0.4, 0.5) is 0 Å². The first-order chi connectivity index (χ1) is 16.0. The molecule has 0 spiro atoms. The number of carbonyl (C=O) groups excluding carboxylic acids is 1. The molecule has 10 heteroatoms. The number of aryl methyl sites for hydroxylation is 2. The number of carbonyl (C=O) groups is 1. The third kappa shape index (κ3) is 4.89. The molecule has 0 fully saturated rings. The molecule has 178 valence electrons. The Labute approximate surface area is 203 Å². The molecule has 1 amide bonds. The minimum absolute atomic E-state index is 0.0531. The number of rotatable bonds is 6. The average molecular weight is 498 g/mol. The zero-order valence-corrected chi connectivity index (χ0v) is 21.3. The van der Waals surface area contributed by atoms with Crippen LogP contribution < -0.4 is 10.0 Å². The van der Waals surface area contributed by atoms with Gasteiger partial charge in [-0.2, -0.15) is 5.10 Å². The highest BCUT2D eigenvalue weighted by molar-refractivity contribution is 7.89. The summed E-state index contributed by atoms with van der Waals surface area (Å²) < 4.78 is 30.2. The second kappa shape index (κ2) is 8.94. The van der Waals surface area contributed by atoms with Gasteiger partial charge in [0.05, 0.1) is 32.1 Å². The number of nitrogens with zero attached hydrogens (tertiary/aromatic N) is 3. The number of hydrogen-bond acceptors (Lipinski definition) is 6. The maximum Gasteiger partial charge on any atom is 0.252 e. The van der Waals surface area contributed by atoms with Crippen LogP contribution in [0.2, 0.25) is 0 Å². The summed E-state index contributed by atoms with van der Waals surface area (Å²) in [5.41, 5.74) is 2.32. The molecule has 0 aliphatic carbocycles. The molecule has 0 atom stereocenters. The molecule has 0 unspecified atom stereocenters. The summed E-state index contributed by atoms with van der Waals surface area (Å²) in [5.74, 6) is -0.322. The number of thiophene rings is 1. The Bertz CT molecular complexity index is 1470. The molecule has 4 aromatic rings. The zero-order valence-electron chi connectivity index (χ0n) is 19.7. The lowest BCUT2D eigenvalue weighted by atomic mass is 10.1. The molecule has 0 saturated carbocycles. The van der Waals surface area contributed by atoms with E-state index in [2.05, 4.69) is 15.1 Å². The number of amides is 1. The van der Waals surface area contributed by atoms with Gasteiger partial charge in [0.15, 0.2) is 5.65 Å². The summed E-state index contributed by atoms with van der Waals surface area (Å²) in [6.07, 6.45) is 0. The van der Waals surface area contributed by atoms with Crippen molar-refractivity contribution >= 4 is 38.3 Å². The number of sulfonamides is 1. The van der Waals surface area contributed by atoms with Gasteiger partial charge in [-0.15, -0.1) is 11.3 Å². The van der Waals surface area contributed by atoms with Crippen molar-refractivity contribution in [3.05, 3.63) is 64.7 Å². The summed E-state index contributed by atoms with van der Waals surface area (Å²) in [6, 6.07) is 12.3. The minimum atomic E-state index is -3.76. The molecule has 0 saturated heterocycles. The van der Waals surface area contributed by atoms with Gasteiger partial charge in [-0.05, 0) is 56.8 Å². The van der Waals surface area contributed by atoms with E-state index < -0.39 is 15.6 Å². The van der Waals surface area contributed by atoms with Crippen LogP contribution in [-0.2, 0) is 23.6 Å². The highest BCUT2D eigenvalue weighted by atomic mass is 32.2. The van der Waals surface area contributed by atoms with Gasteiger partial charge in [0.2, 0.25) is 10.0 Å². The van der Waals surface area contributed by atoms with Crippen LogP contribution in [0.15, 0.2) is 52.7 Å². The van der Waals surface area contributed by atoms with Gasteiger partial charge in [0, 0.05) is 19.1 Å². The zero-order chi connectivity index (χ0) is 24.7. The molecule has 2 N–H and O–H groups in total. The predicted molar refractivity (Wildman–Crippen MR) is 134 cm³/mol. The van der Waals surface area contributed by atoms with E-state index >= 15 is 0 Å². The number of benzene rings is 1. The average Bonchev–Trinajstić information content (AvgIpc) is 3.38. The maximum atomic E-state index is 13.4. The Kier molecular flexibility index (Phi) is 6.32. The standard InChI is InChI=1S/C24H27N5O3S2/c1-15-21-17(13-18(19-10-8-12-33-19)26-22(21)29(5)27-15)23(30)25-14-16-9-6-7-11-20(16)34(31,32)28-24(2,3)4/h6-13,28H,14H2,1-5H3,(H,25,30). The Hall–Kier alpha value is -3.08. The summed E-state index contributed by atoms with van der Waals surface area (Å²) in [5, 5.41) is 9.98. The van der Waals surface area contributed by atoms with E-state index in [4.69, 9.17) is 4.98 Å². The molecule has 3 aromatic heterocycles. The van der Waals surface area contributed by atoms with E-state index in [1.54, 1.807) is 62.8 Å². The first kappa shape index (κ1) is 24.1. The number of fused-ring (bicyclic) bond motifs is 1. The Morgan fingerprint density at radius 1 is 1.15 bits per heavy atom. The van der Waals surface area contributed by atoms with Crippen molar-refractivity contribution in [1.29, 1.82) is 0 Å². The van der Waals surface area contributed by atoms with Gasteiger partial charge < -0.3 is 5.32 Å². The van der Waals surface area contributed by atoms with Gasteiger partial charge >= 0.3 is 0 Å². The van der Waals surface area contributed by atoms with Crippen LogP contribution in [0.1, 0.15) is 42.4 Å². The van der Waals surface area contributed by atoms with Crippen LogP contribution in [-0.4, -0.2) is 34.6 Å². The molecular formula is C24H27N5O3S2. The van der Waals surface area contributed by atoms with Gasteiger partial charge in [-0.3, -0.25) is 9.48 Å². The van der Waals surface area contributed by atoms with E-state index in [0.717, 1.165) is 4.88 Å². The van der Waals surface area contributed by atoms with Crippen LogP contribution in [0.25, 0.3) is 21.6 Å². The summed E-state index contributed by atoms with van der Waals surface area (Å²) in [7, 11) is -1.96. The van der Waals surface area contributed by atoms with E-state index in [9.17, 15) is 13.2 Å². The van der Waals surface area contributed by atoms with Gasteiger partial charge in [0.25, 0.3) is 5.91 Å². The quantitative estimate of drug-likeness (QED) is 0.419. The third-order valence-electron chi connectivity index (χ3n) is 5.13. The summed E-state index contributed by atoms with van der Waals surface area (Å²) in [6.45, 7) is 7.24. The molecule has 1 aromatic carbocycles. The number of pyridine rings is 1. The molecule has 0 aliphatic heterocycles. The lowest BCUT2D eigenvalue weighted by Crippen LogP contribution is -2.41. The van der Waals surface area contributed by atoms with Crippen LogP contribution >= 0.6 is 11.3 Å². The van der Waals surface area contributed by atoms with Crippen molar-refractivity contribution in [2.75, 3.05) is 0 Å². The lowest BCUT2D eigenvalue weighted by Gasteiger charge is -2.21. The maximum absolute atomic E-state index is 13.4. The van der Waals surface area contributed by atoms with Crippen molar-refractivity contribution in [2.24, 2.45) is 7.05 Å². The smallest absolute Gasteiger partial charge is 0.252 e. The molecule has 0 aliphatic rings. The molecular weight excluding hydrogens is 470 g/mol. The van der Waals surface area contributed by atoms with E-state index in [0.29, 0.717) is 33.5 Å². The van der Waals surface area contributed by atoms with Crippen molar-refractivity contribution in [1.82, 2.24) is 24.8 Å². The Balaban J connectivity index is 1.68. The number of nitrogens with one attached hydrogen (secondary N) is 2. The van der Waals surface area contributed by atoms with Crippen LogP contribution in [0, 0.1) is 6.92 Å². The second-order valence-electron chi connectivity index (χ2n) is 9.09. The van der Waals surface area contributed by atoms with Crippen molar-refractivity contribution in [3.8, 4) is 10.6 Å². The minimum Gasteiger partial charge on any atom is -0.348 e. The van der Waals surface area contributed by atoms with Crippen LogP contribution in [0.3, 0.4) is 0 Å². The fourth-order valence-electron chi connectivity index (χ4n) is 3.82. The molecule has 34 heavy (non-hydrogen) atoms. The molecule has 0 bridgehead atoms. The molecule has 0 radical (unpaired) electrons. The normalized spacial score (nSPS) is 12.3. The summed E-state index contributed by atoms with van der Waals surface area (Å²) >= 11 is 1.54. The van der Waals surface area contributed by atoms with E-state index in [-0.39, 0.29) is 17.3 Å². The first-order valence-electron chi connectivity index (χ1n) is 10.7. The molecule has 8 nitrogen and oxygen atoms in total. The highest BCUT2D eigenvalue weighted by Crippen LogP contribution is 2.29. The van der Waals surface area contributed by atoms with Gasteiger partial charge in [0.1, 0.15) is 0 Å². The van der Waals surface area contributed by atoms with E-state index in [1.807, 2.05) is 24.4 Å².